The molecular weight excluding hydrogens is 193 g/mol. The Kier molecular flexibility index (Phi) is 2.67. The summed E-state index contributed by atoms with van der Waals surface area (Å²) >= 11 is 0. The van der Waals surface area contributed by atoms with Crippen LogP contribution in [0.15, 0.2) is 23.1 Å². The minimum absolute atomic E-state index is 0.0533. The molecule has 15 heavy (non-hydrogen) atoms. The zero-order valence-corrected chi connectivity index (χ0v) is 8.95. The van der Waals surface area contributed by atoms with Crippen molar-refractivity contribution in [3.63, 3.8) is 0 Å². The summed E-state index contributed by atoms with van der Waals surface area (Å²) in [6.45, 7) is 5.46. The van der Waals surface area contributed by atoms with Gasteiger partial charge in [0.05, 0.1) is 0 Å². The van der Waals surface area contributed by atoms with Crippen molar-refractivity contribution in [2.45, 2.75) is 13.8 Å². The molecular formula is C10H14BNO3. The number of pyridine rings is 1. The van der Waals surface area contributed by atoms with Crippen LogP contribution in [-0.2, 0) is 9.31 Å². The number of rotatable bonds is 1. The third-order valence-electron chi connectivity index (χ3n) is 2.32. The highest BCUT2D eigenvalue weighted by Gasteiger charge is 2.33. The molecule has 0 aliphatic carbocycles. The molecule has 2 rings (SSSR count). The zero-order chi connectivity index (χ0) is 10.9. The van der Waals surface area contributed by atoms with Gasteiger partial charge in [0.15, 0.2) is 0 Å². The van der Waals surface area contributed by atoms with Gasteiger partial charge in [-0.05, 0) is 11.5 Å². The summed E-state index contributed by atoms with van der Waals surface area (Å²) in [5.41, 5.74) is 0.691. The van der Waals surface area contributed by atoms with Crippen molar-refractivity contribution in [2.75, 3.05) is 13.2 Å². The molecule has 0 saturated carbocycles. The van der Waals surface area contributed by atoms with Gasteiger partial charge in [0.25, 0.3) is 0 Å². The summed E-state index contributed by atoms with van der Waals surface area (Å²) in [5.74, 6) is 0. The minimum Gasteiger partial charge on any atom is -0.407 e. The Morgan fingerprint density at radius 3 is 2.67 bits per heavy atom. The Bertz CT molecular complexity index is 392. The smallest absolute Gasteiger partial charge is 0.407 e. The fourth-order valence-corrected chi connectivity index (χ4v) is 1.49. The summed E-state index contributed by atoms with van der Waals surface area (Å²) in [4.78, 5) is 13.7. The monoisotopic (exact) mass is 207 g/mol. The Hall–Kier alpha value is -1.07. The maximum absolute atomic E-state index is 11.1. The molecule has 1 saturated heterocycles. The predicted molar refractivity (Wildman–Crippen MR) is 58.1 cm³/mol. The minimum atomic E-state index is -0.402. The van der Waals surface area contributed by atoms with Crippen molar-refractivity contribution in [3.8, 4) is 0 Å². The molecule has 1 aliphatic rings. The zero-order valence-electron chi connectivity index (χ0n) is 8.95. The summed E-state index contributed by atoms with van der Waals surface area (Å²) in [5, 5.41) is 0. The standard InChI is InChI=1S/C10H14BNO3/c1-10(2)6-14-11(15-7-10)8-3-4-12-9(13)5-8/h3-5H,6-7H2,1-2H3,(H,12,13). The van der Waals surface area contributed by atoms with Crippen LogP contribution >= 0.6 is 0 Å². The molecule has 5 heteroatoms. The molecule has 0 spiro atoms. The first kappa shape index (κ1) is 10.5. The van der Waals surface area contributed by atoms with Crippen LogP contribution < -0.4 is 11.0 Å². The highest BCUT2D eigenvalue weighted by atomic mass is 16.6. The Morgan fingerprint density at radius 1 is 1.40 bits per heavy atom. The normalized spacial score (nSPS) is 20.3. The van der Waals surface area contributed by atoms with E-state index in [9.17, 15) is 4.79 Å². The largest absolute Gasteiger partial charge is 0.494 e. The number of hydrogen-bond acceptors (Lipinski definition) is 3. The number of hydrogen-bond donors (Lipinski definition) is 1. The number of aromatic nitrogens is 1. The van der Waals surface area contributed by atoms with Gasteiger partial charge >= 0.3 is 7.12 Å². The van der Waals surface area contributed by atoms with Crippen molar-refractivity contribution >= 4 is 12.6 Å². The molecule has 1 aromatic heterocycles. The average molecular weight is 207 g/mol. The fourth-order valence-electron chi connectivity index (χ4n) is 1.49. The highest BCUT2D eigenvalue weighted by Crippen LogP contribution is 2.20. The molecule has 0 aromatic carbocycles. The van der Waals surface area contributed by atoms with Crippen molar-refractivity contribution in [3.05, 3.63) is 28.7 Å². The van der Waals surface area contributed by atoms with Crippen molar-refractivity contribution in [2.24, 2.45) is 5.41 Å². The van der Waals surface area contributed by atoms with Gasteiger partial charge in [0.2, 0.25) is 5.56 Å². The van der Waals surface area contributed by atoms with E-state index in [2.05, 4.69) is 18.8 Å². The van der Waals surface area contributed by atoms with Crippen LogP contribution in [0.1, 0.15) is 13.8 Å². The number of aromatic amines is 1. The van der Waals surface area contributed by atoms with Gasteiger partial charge in [0, 0.05) is 30.9 Å². The van der Waals surface area contributed by atoms with E-state index < -0.39 is 7.12 Å². The predicted octanol–water partition coefficient (Wildman–Crippen LogP) is 0.143. The van der Waals surface area contributed by atoms with Crippen LogP contribution in [0.2, 0.25) is 0 Å². The number of H-pyrrole nitrogens is 1. The van der Waals surface area contributed by atoms with E-state index in [0.717, 1.165) is 5.46 Å². The van der Waals surface area contributed by atoms with Crippen molar-refractivity contribution in [1.29, 1.82) is 0 Å². The lowest BCUT2D eigenvalue weighted by atomic mass is 9.76. The van der Waals surface area contributed by atoms with Gasteiger partial charge in [-0.1, -0.05) is 13.8 Å². The molecule has 1 aromatic rings. The number of nitrogens with one attached hydrogen (secondary N) is 1. The highest BCUT2D eigenvalue weighted by molar-refractivity contribution is 6.61. The first-order chi connectivity index (χ1) is 7.07. The molecule has 0 radical (unpaired) electrons. The molecule has 2 heterocycles. The van der Waals surface area contributed by atoms with E-state index in [4.69, 9.17) is 9.31 Å². The van der Waals surface area contributed by atoms with Gasteiger partial charge in [-0.15, -0.1) is 0 Å². The second-order valence-electron chi connectivity index (χ2n) is 4.60. The van der Waals surface area contributed by atoms with E-state index in [1.807, 2.05) is 0 Å². The summed E-state index contributed by atoms with van der Waals surface area (Å²) in [7, 11) is -0.402. The van der Waals surface area contributed by atoms with Crippen molar-refractivity contribution in [1.82, 2.24) is 4.98 Å². The van der Waals surface area contributed by atoms with Crippen LogP contribution in [0.25, 0.3) is 0 Å². The van der Waals surface area contributed by atoms with E-state index in [1.54, 1.807) is 12.3 Å². The van der Waals surface area contributed by atoms with Crippen LogP contribution in [-0.4, -0.2) is 25.3 Å². The van der Waals surface area contributed by atoms with E-state index in [-0.39, 0.29) is 11.0 Å². The maximum atomic E-state index is 11.1. The second kappa shape index (κ2) is 3.83. The quantitative estimate of drug-likeness (QED) is 0.666. The van der Waals surface area contributed by atoms with Crippen LogP contribution in [0.4, 0.5) is 0 Å². The first-order valence-corrected chi connectivity index (χ1v) is 4.99. The topological polar surface area (TPSA) is 51.3 Å². The summed E-state index contributed by atoms with van der Waals surface area (Å²) in [6.07, 6.45) is 1.60. The van der Waals surface area contributed by atoms with Gasteiger partial charge < -0.3 is 14.3 Å². The molecule has 0 amide bonds. The third kappa shape index (κ3) is 2.49. The fraction of sp³-hybridized carbons (Fsp3) is 0.500. The molecule has 1 fully saturated rings. The van der Waals surface area contributed by atoms with Gasteiger partial charge in [-0.3, -0.25) is 4.79 Å². The SMILES string of the molecule is CC1(C)COB(c2cc[nH]c(=O)c2)OC1. The lowest BCUT2D eigenvalue weighted by Crippen LogP contribution is -2.48. The molecule has 0 bridgehead atoms. The molecule has 80 valence electrons. The van der Waals surface area contributed by atoms with Gasteiger partial charge in [-0.25, -0.2) is 0 Å². The van der Waals surface area contributed by atoms with Crippen LogP contribution in [0, 0.1) is 5.41 Å². The Morgan fingerprint density at radius 2 is 2.07 bits per heavy atom. The molecule has 0 unspecified atom stereocenters. The van der Waals surface area contributed by atoms with Gasteiger partial charge in [0.1, 0.15) is 0 Å². The van der Waals surface area contributed by atoms with Crippen LogP contribution in [0.5, 0.6) is 0 Å². The second-order valence-corrected chi connectivity index (χ2v) is 4.60. The molecule has 1 N–H and O–H groups in total. The van der Waals surface area contributed by atoms with E-state index >= 15 is 0 Å². The van der Waals surface area contributed by atoms with Gasteiger partial charge in [-0.2, -0.15) is 0 Å². The average Bonchev–Trinajstić information content (AvgIpc) is 2.17. The summed E-state index contributed by atoms with van der Waals surface area (Å²) < 4.78 is 11.1. The third-order valence-corrected chi connectivity index (χ3v) is 2.32. The molecule has 0 atom stereocenters. The first-order valence-electron chi connectivity index (χ1n) is 4.99. The van der Waals surface area contributed by atoms with Crippen LogP contribution in [0.3, 0.4) is 0 Å². The summed E-state index contributed by atoms with van der Waals surface area (Å²) in [6, 6.07) is 3.30. The lowest BCUT2D eigenvalue weighted by Gasteiger charge is -2.32. The lowest BCUT2D eigenvalue weighted by molar-refractivity contribution is 0.0343. The van der Waals surface area contributed by atoms with E-state index in [1.165, 1.54) is 6.07 Å². The molecule has 1 aliphatic heterocycles. The maximum Gasteiger partial charge on any atom is 0.494 e. The Labute approximate surface area is 88.8 Å². The van der Waals surface area contributed by atoms with Crippen molar-refractivity contribution < 1.29 is 9.31 Å². The van der Waals surface area contributed by atoms with E-state index in [0.29, 0.717) is 13.2 Å². The molecule has 4 nitrogen and oxygen atoms in total. The Balaban J connectivity index is 2.11.